The number of aliphatic hydroxyl groups is 2. The molecule has 7 atom stereocenters. The van der Waals surface area contributed by atoms with Crippen LogP contribution in [-0.2, 0) is 55.5 Å². The molecular weight excluding hydrogens is 839 g/mol. The number of carbonyl (C=O) groups excluding carboxylic acids is 3. The molecule has 11 N–H and O–H groups in total. The number of aromatic nitrogens is 4. The minimum absolute atomic E-state index is 0.0147. The smallest absolute Gasteiger partial charge is 0.478 e. The Morgan fingerprint density at radius 2 is 1.73 bits per heavy atom. The van der Waals surface area contributed by atoms with Gasteiger partial charge in [-0.2, -0.15) is 4.31 Å². The number of phosphoric ester groups is 3. The van der Waals surface area contributed by atoms with E-state index in [1.54, 1.807) is 0 Å². The zero-order valence-electron chi connectivity index (χ0n) is 29.5. The summed E-state index contributed by atoms with van der Waals surface area (Å²) >= 11 is 0.789. The summed E-state index contributed by atoms with van der Waals surface area (Å²) in [6.07, 6.45) is -6.37. The van der Waals surface area contributed by atoms with E-state index in [2.05, 4.69) is 34.4 Å². The van der Waals surface area contributed by atoms with Crippen LogP contribution in [0.15, 0.2) is 24.3 Å². The van der Waals surface area contributed by atoms with Crippen molar-refractivity contribution in [2.45, 2.75) is 57.8 Å². The summed E-state index contributed by atoms with van der Waals surface area (Å²) in [7, 11) is -16.5. The first-order valence-electron chi connectivity index (χ1n) is 15.8. The molecular formula is C26H40N7O19P3S. The van der Waals surface area contributed by atoms with Gasteiger partial charge in [-0.1, -0.05) is 25.6 Å². The number of amides is 2. The molecule has 1 aliphatic rings. The molecule has 1 fully saturated rings. The molecule has 0 spiro atoms. The van der Waals surface area contributed by atoms with Crippen molar-refractivity contribution in [3.63, 3.8) is 0 Å². The third kappa shape index (κ3) is 14.0. The molecule has 0 aromatic carbocycles. The van der Waals surface area contributed by atoms with E-state index in [4.69, 9.17) is 24.6 Å². The number of thioether (sulfide) groups is 1. The zero-order chi connectivity index (χ0) is 42.2. The lowest BCUT2D eigenvalue weighted by Crippen LogP contribution is -2.46. The molecule has 1 saturated heterocycles. The highest BCUT2D eigenvalue weighted by atomic mass is 32.2. The van der Waals surface area contributed by atoms with Gasteiger partial charge >= 0.3 is 29.4 Å². The number of imidazole rings is 1. The molecule has 30 heteroatoms. The van der Waals surface area contributed by atoms with Crippen LogP contribution in [0.5, 0.6) is 0 Å². The molecule has 3 heterocycles. The van der Waals surface area contributed by atoms with Gasteiger partial charge in [0.1, 0.15) is 36.3 Å². The molecule has 56 heavy (non-hydrogen) atoms. The Labute approximate surface area is 320 Å². The van der Waals surface area contributed by atoms with E-state index in [0.29, 0.717) is 0 Å². The van der Waals surface area contributed by atoms with Gasteiger partial charge in [-0.05, 0) is 6.92 Å². The highest BCUT2D eigenvalue weighted by molar-refractivity contribution is 8.14. The minimum atomic E-state index is -5.59. The zero-order valence-corrected chi connectivity index (χ0v) is 33.0. The number of nitrogens with two attached hydrogens (primary N) is 1. The molecule has 1 aliphatic heterocycles. The quantitative estimate of drug-likeness (QED) is 0.0395. The second-order valence-corrected chi connectivity index (χ2v) is 17.7. The number of carboxylic acid groups (broad SMARTS) is 1. The monoisotopic (exact) mass is 879 g/mol. The average molecular weight is 880 g/mol. The van der Waals surface area contributed by atoms with Gasteiger partial charge in [0.15, 0.2) is 17.7 Å². The van der Waals surface area contributed by atoms with E-state index >= 15 is 0 Å². The first-order chi connectivity index (χ1) is 25.8. The number of ether oxygens (including phenoxy) is 1. The highest BCUT2D eigenvalue weighted by Gasteiger charge is 2.50. The molecule has 314 valence electrons. The van der Waals surface area contributed by atoms with Crippen LogP contribution in [0.4, 0.5) is 5.82 Å². The number of rotatable bonds is 21. The van der Waals surface area contributed by atoms with Crippen molar-refractivity contribution in [1.29, 1.82) is 0 Å². The largest absolute Gasteiger partial charge is 0.481 e. The second-order valence-electron chi connectivity index (χ2n) is 12.4. The summed E-state index contributed by atoms with van der Waals surface area (Å²) in [5.41, 5.74) is 4.20. The highest BCUT2D eigenvalue weighted by Crippen LogP contribution is 2.61. The Kier molecular flexibility index (Phi) is 16.4. The number of hydrogen-bond acceptors (Lipinski definition) is 19. The lowest BCUT2D eigenvalue weighted by atomic mass is 9.87. The summed E-state index contributed by atoms with van der Waals surface area (Å²) in [6.45, 7) is 1.48. The van der Waals surface area contributed by atoms with E-state index in [-0.39, 0.29) is 47.8 Å². The van der Waals surface area contributed by atoms with Gasteiger partial charge in [-0.3, -0.25) is 32.5 Å². The third-order valence-electron chi connectivity index (χ3n) is 7.40. The van der Waals surface area contributed by atoms with Crippen molar-refractivity contribution in [1.82, 2.24) is 30.2 Å². The van der Waals surface area contributed by atoms with Gasteiger partial charge in [0.25, 0.3) is 0 Å². The van der Waals surface area contributed by atoms with Crippen LogP contribution in [0.1, 0.15) is 33.4 Å². The van der Waals surface area contributed by atoms with E-state index in [1.807, 2.05) is 0 Å². The summed E-state index contributed by atoms with van der Waals surface area (Å²) in [5, 5.41) is 34.3. The molecule has 2 aromatic rings. The molecule has 0 bridgehead atoms. The molecule has 0 radical (unpaired) electrons. The summed E-state index contributed by atoms with van der Waals surface area (Å²) in [6, 6.07) is 0. The molecule has 2 unspecified atom stereocenters. The Hall–Kier alpha value is -3.23. The number of phosphoric acid groups is 3. The third-order valence-corrected chi connectivity index (χ3v) is 11.5. The first-order valence-corrected chi connectivity index (χ1v) is 21.3. The number of aliphatic carboxylic acids is 1. The number of anilines is 1. The lowest BCUT2D eigenvalue weighted by molar-refractivity contribution is -0.137. The Morgan fingerprint density at radius 3 is 2.38 bits per heavy atom. The van der Waals surface area contributed by atoms with Crippen molar-refractivity contribution < 1.29 is 90.4 Å². The fourth-order valence-electron chi connectivity index (χ4n) is 4.63. The fraction of sp³-hybridized carbons (Fsp3) is 0.577. The molecule has 2 aromatic heterocycles. The van der Waals surface area contributed by atoms with Gasteiger partial charge in [-0.25, -0.2) is 33.4 Å². The SMILES string of the molecule is C/C(=C\C(=O)O)C(=O)SCCNC(=O)CCNC(=O)[C@H](O)C(C)(C)COP(=O)(O)OP(=O)(O)OC[C@H]1O[C@@H](n2cnc3c(N)ncnc32)[C@H](O)[C@@H]1OP(=O)(O)O. The number of nitrogen functional groups attached to an aromatic ring is 1. The lowest BCUT2D eigenvalue weighted by Gasteiger charge is -2.30. The van der Waals surface area contributed by atoms with Gasteiger partial charge in [0, 0.05) is 42.3 Å². The van der Waals surface area contributed by atoms with E-state index < -0.39 is 95.6 Å². The van der Waals surface area contributed by atoms with Crippen LogP contribution in [0, 0.1) is 5.41 Å². The van der Waals surface area contributed by atoms with Gasteiger partial charge < -0.3 is 56.0 Å². The standard InChI is InChI=1S/C26H40N7O19P3S/c1-13(8-16(35)36)25(40)56-7-6-28-15(34)4-5-29-23(39)20(38)26(2,3)10-49-55(46,47)52-54(44,45)48-9-14-19(51-53(41,42)43)18(37)24(50-14)33-12-32-17-21(27)30-11-31-22(17)33/h8,11-12,14,18-20,24,37-38H,4-7,9-10H2,1-3H3,(H,28,34)(H,29,39)(H,35,36)(H,44,45)(H,46,47)(H2,27,30,31)(H2,41,42,43)/b13-8+/t14-,18-,19-,20+,24-/m1/s1. The first kappa shape index (κ1) is 47.1. The van der Waals surface area contributed by atoms with Crippen LogP contribution in [-0.4, -0.2) is 134 Å². The number of aliphatic hydroxyl groups excluding tert-OH is 2. The summed E-state index contributed by atoms with van der Waals surface area (Å²) in [5.74, 6) is -2.75. The number of fused-ring (bicyclic) bond motifs is 1. The Bertz CT molecular complexity index is 1940. The maximum Gasteiger partial charge on any atom is 0.481 e. The Morgan fingerprint density at radius 1 is 1.07 bits per heavy atom. The van der Waals surface area contributed by atoms with Crippen LogP contribution >= 0.6 is 35.2 Å². The predicted molar refractivity (Wildman–Crippen MR) is 188 cm³/mol. The van der Waals surface area contributed by atoms with Crippen molar-refractivity contribution in [3.05, 3.63) is 24.3 Å². The normalized spacial score (nSPS) is 21.9. The number of hydrogen-bond donors (Lipinski definition) is 10. The van der Waals surface area contributed by atoms with Crippen LogP contribution in [0.3, 0.4) is 0 Å². The maximum absolute atomic E-state index is 12.7. The molecule has 0 aliphatic carbocycles. The summed E-state index contributed by atoms with van der Waals surface area (Å²) < 4.78 is 61.9. The average Bonchev–Trinajstić information content (AvgIpc) is 3.64. The topological polar surface area (TPSA) is 401 Å². The maximum atomic E-state index is 12.7. The van der Waals surface area contributed by atoms with Crippen LogP contribution < -0.4 is 16.4 Å². The van der Waals surface area contributed by atoms with Gasteiger partial charge in [-0.15, -0.1) is 0 Å². The number of nitrogens with one attached hydrogen (secondary N) is 2. The number of nitrogens with zero attached hydrogens (tertiary/aromatic N) is 4. The van der Waals surface area contributed by atoms with E-state index in [0.717, 1.165) is 35.1 Å². The Balaban J connectivity index is 1.49. The van der Waals surface area contributed by atoms with Crippen molar-refractivity contribution in [3.8, 4) is 0 Å². The number of carbonyl (C=O) groups is 4. The summed E-state index contributed by atoms with van der Waals surface area (Å²) in [4.78, 5) is 97.8. The van der Waals surface area contributed by atoms with E-state index in [9.17, 15) is 62.7 Å². The van der Waals surface area contributed by atoms with Gasteiger partial charge in [0.05, 0.1) is 19.5 Å². The van der Waals surface area contributed by atoms with Gasteiger partial charge in [0.2, 0.25) is 16.9 Å². The van der Waals surface area contributed by atoms with Crippen LogP contribution in [0.2, 0.25) is 0 Å². The molecule has 26 nitrogen and oxygen atoms in total. The molecule has 0 saturated carbocycles. The van der Waals surface area contributed by atoms with Crippen LogP contribution in [0.25, 0.3) is 11.2 Å². The fourth-order valence-corrected chi connectivity index (χ4v) is 8.14. The second kappa shape index (κ2) is 19.5. The van der Waals surface area contributed by atoms with E-state index in [1.165, 1.54) is 20.8 Å². The van der Waals surface area contributed by atoms with Crippen molar-refractivity contribution in [2.24, 2.45) is 5.41 Å². The van der Waals surface area contributed by atoms with Crippen molar-refractivity contribution in [2.75, 3.05) is 37.8 Å². The van der Waals surface area contributed by atoms with Crippen molar-refractivity contribution >= 4 is 75.1 Å². The number of carboxylic acids is 1. The molecule has 2 amide bonds. The molecule has 3 rings (SSSR count). The predicted octanol–water partition coefficient (Wildman–Crippen LogP) is -1.30. The minimum Gasteiger partial charge on any atom is -0.478 e.